The topological polar surface area (TPSA) is 79.3 Å². The third-order valence-electron chi connectivity index (χ3n) is 3.11. The Labute approximate surface area is 133 Å². The lowest BCUT2D eigenvalue weighted by atomic mass is 10.1. The number of ether oxygens (including phenoxy) is 2. The highest BCUT2D eigenvalue weighted by molar-refractivity contribution is 5.70. The Hall–Kier alpha value is -1.18. The van der Waals surface area contributed by atoms with Crippen LogP contribution in [-0.4, -0.2) is 66.1 Å². The standard InChI is InChI=1S/C15H30N2O5/c1-6-21-14(22-7-2)10-16(9-8-12(3)4)17(15(19)20)13(5)11-18/h11-14H,6-10H2,1-5H3,(H,19,20). The van der Waals surface area contributed by atoms with Crippen LogP contribution in [0.15, 0.2) is 0 Å². The first-order valence-electron chi connectivity index (χ1n) is 7.82. The molecule has 0 fully saturated rings. The Morgan fingerprint density at radius 3 is 2.09 bits per heavy atom. The van der Waals surface area contributed by atoms with Crippen molar-refractivity contribution in [2.45, 2.75) is 53.4 Å². The highest BCUT2D eigenvalue weighted by Gasteiger charge is 2.28. The van der Waals surface area contributed by atoms with Crippen LogP contribution in [0.1, 0.15) is 41.0 Å². The molecule has 1 N–H and O–H groups in total. The lowest BCUT2D eigenvalue weighted by Gasteiger charge is -2.37. The summed E-state index contributed by atoms with van der Waals surface area (Å²) in [7, 11) is 0. The molecule has 0 aromatic carbocycles. The molecule has 0 spiro atoms. The molecule has 0 radical (unpaired) electrons. The summed E-state index contributed by atoms with van der Waals surface area (Å²) in [5, 5.41) is 12.1. The predicted octanol–water partition coefficient (Wildman–Crippen LogP) is 2.22. The monoisotopic (exact) mass is 318 g/mol. The van der Waals surface area contributed by atoms with Gasteiger partial charge in [0.2, 0.25) is 0 Å². The van der Waals surface area contributed by atoms with Crippen molar-refractivity contribution < 1.29 is 24.2 Å². The number of amides is 1. The fraction of sp³-hybridized carbons (Fsp3) is 0.867. The molecule has 0 rings (SSSR count). The maximum Gasteiger partial charge on any atom is 0.422 e. The molecule has 22 heavy (non-hydrogen) atoms. The van der Waals surface area contributed by atoms with E-state index in [1.165, 1.54) is 0 Å². The molecule has 0 aliphatic carbocycles. The summed E-state index contributed by atoms with van der Waals surface area (Å²) in [5.74, 6) is 0.419. The second-order valence-electron chi connectivity index (χ2n) is 5.44. The zero-order chi connectivity index (χ0) is 17.1. The minimum atomic E-state index is -1.16. The maximum atomic E-state index is 11.5. The van der Waals surface area contributed by atoms with Gasteiger partial charge in [0.15, 0.2) is 6.29 Å². The molecule has 1 amide bonds. The summed E-state index contributed by atoms with van der Waals surface area (Å²) in [6.45, 7) is 11.1. The van der Waals surface area contributed by atoms with E-state index in [1.807, 2.05) is 13.8 Å². The van der Waals surface area contributed by atoms with Crippen LogP contribution in [0.3, 0.4) is 0 Å². The van der Waals surface area contributed by atoms with E-state index in [-0.39, 0.29) is 6.54 Å². The molecule has 7 heteroatoms. The van der Waals surface area contributed by atoms with Crippen LogP contribution in [0.4, 0.5) is 4.79 Å². The van der Waals surface area contributed by atoms with Crippen molar-refractivity contribution in [3.63, 3.8) is 0 Å². The number of rotatable bonds is 12. The van der Waals surface area contributed by atoms with Crippen molar-refractivity contribution in [3.8, 4) is 0 Å². The third kappa shape index (κ3) is 7.72. The first-order valence-corrected chi connectivity index (χ1v) is 7.82. The van der Waals surface area contributed by atoms with Crippen LogP contribution in [0.2, 0.25) is 0 Å². The third-order valence-corrected chi connectivity index (χ3v) is 3.11. The maximum absolute atomic E-state index is 11.5. The molecule has 1 atom stereocenters. The summed E-state index contributed by atoms with van der Waals surface area (Å²) >= 11 is 0. The van der Waals surface area contributed by atoms with E-state index >= 15 is 0 Å². The number of nitrogens with zero attached hydrogens (tertiary/aromatic N) is 2. The molecule has 0 saturated carbocycles. The normalized spacial score (nSPS) is 12.9. The molecule has 0 aromatic rings. The average Bonchev–Trinajstić information content (AvgIpc) is 2.44. The minimum absolute atomic E-state index is 0.263. The molecule has 0 heterocycles. The first-order chi connectivity index (χ1) is 10.4. The highest BCUT2D eigenvalue weighted by Crippen LogP contribution is 2.11. The molecule has 1 unspecified atom stereocenters. The fourth-order valence-electron chi connectivity index (χ4n) is 2.00. The molecule has 0 bridgehead atoms. The number of hydrogen-bond acceptors (Lipinski definition) is 5. The van der Waals surface area contributed by atoms with Crippen LogP contribution >= 0.6 is 0 Å². The van der Waals surface area contributed by atoms with Gasteiger partial charge in [-0.2, -0.15) is 0 Å². The summed E-state index contributed by atoms with van der Waals surface area (Å²) in [4.78, 5) is 22.6. The molecule has 7 nitrogen and oxygen atoms in total. The smallest absolute Gasteiger partial charge is 0.422 e. The minimum Gasteiger partial charge on any atom is -0.464 e. The lowest BCUT2D eigenvalue weighted by molar-refractivity contribution is -0.173. The van der Waals surface area contributed by atoms with Gasteiger partial charge in [0, 0.05) is 19.8 Å². The fourth-order valence-corrected chi connectivity index (χ4v) is 2.00. The van der Waals surface area contributed by atoms with Gasteiger partial charge in [-0.1, -0.05) is 13.8 Å². The Bertz CT molecular complexity index is 319. The van der Waals surface area contributed by atoms with Crippen LogP contribution in [0.5, 0.6) is 0 Å². The lowest BCUT2D eigenvalue weighted by Crippen LogP contribution is -2.54. The molecular formula is C15H30N2O5. The van der Waals surface area contributed by atoms with Gasteiger partial charge in [0.05, 0.1) is 6.54 Å². The zero-order valence-electron chi connectivity index (χ0n) is 14.3. The largest absolute Gasteiger partial charge is 0.464 e. The van der Waals surface area contributed by atoms with E-state index in [0.29, 0.717) is 32.0 Å². The van der Waals surface area contributed by atoms with Crippen molar-refractivity contribution in [3.05, 3.63) is 0 Å². The summed E-state index contributed by atoms with van der Waals surface area (Å²) in [6, 6.07) is -0.756. The predicted molar refractivity (Wildman–Crippen MR) is 83.5 cm³/mol. The highest BCUT2D eigenvalue weighted by atomic mass is 16.7. The average molecular weight is 318 g/mol. The summed E-state index contributed by atoms with van der Waals surface area (Å²) in [6.07, 6.45) is -0.259. The van der Waals surface area contributed by atoms with Gasteiger partial charge in [0.25, 0.3) is 0 Å². The molecule has 0 aromatic heterocycles. The molecule has 0 aliphatic heterocycles. The first kappa shape index (κ1) is 20.8. The van der Waals surface area contributed by atoms with Gasteiger partial charge in [-0.05, 0) is 33.1 Å². The van der Waals surface area contributed by atoms with Gasteiger partial charge >= 0.3 is 6.09 Å². The number of hydrazine groups is 1. The van der Waals surface area contributed by atoms with Gasteiger partial charge in [-0.15, -0.1) is 0 Å². The molecule has 0 saturated heterocycles. The second kappa shape index (κ2) is 11.4. The van der Waals surface area contributed by atoms with Gasteiger partial charge in [-0.3, -0.25) is 0 Å². The Morgan fingerprint density at radius 2 is 1.73 bits per heavy atom. The number of aldehydes is 1. The van der Waals surface area contributed by atoms with E-state index in [0.717, 1.165) is 11.4 Å². The SMILES string of the molecule is CCOC(CN(CCC(C)C)N(C(=O)O)C(C)C=O)OCC. The zero-order valence-corrected chi connectivity index (χ0v) is 14.3. The number of hydrogen-bond donors (Lipinski definition) is 1. The molecule has 130 valence electrons. The van der Waals surface area contributed by atoms with Gasteiger partial charge in [0.1, 0.15) is 12.3 Å². The van der Waals surface area contributed by atoms with Crippen LogP contribution in [-0.2, 0) is 14.3 Å². The van der Waals surface area contributed by atoms with Crippen LogP contribution in [0, 0.1) is 5.92 Å². The number of carbonyl (C=O) groups excluding carboxylic acids is 1. The van der Waals surface area contributed by atoms with Crippen molar-refractivity contribution in [2.75, 3.05) is 26.3 Å². The summed E-state index contributed by atoms with van der Waals surface area (Å²) in [5.41, 5.74) is 0. The van der Waals surface area contributed by atoms with E-state index in [1.54, 1.807) is 11.9 Å². The van der Waals surface area contributed by atoms with Crippen LogP contribution < -0.4 is 0 Å². The van der Waals surface area contributed by atoms with Crippen molar-refractivity contribution in [1.82, 2.24) is 10.0 Å². The number of carboxylic acid groups (broad SMARTS) is 1. The van der Waals surface area contributed by atoms with E-state index in [4.69, 9.17) is 9.47 Å². The molecular weight excluding hydrogens is 288 g/mol. The van der Waals surface area contributed by atoms with E-state index < -0.39 is 18.4 Å². The second-order valence-corrected chi connectivity index (χ2v) is 5.44. The van der Waals surface area contributed by atoms with Crippen molar-refractivity contribution >= 4 is 12.4 Å². The van der Waals surface area contributed by atoms with Crippen molar-refractivity contribution in [2.24, 2.45) is 5.92 Å². The quantitative estimate of drug-likeness (QED) is 0.338. The van der Waals surface area contributed by atoms with Crippen LogP contribution in [0.25, 0.3) is 0 Å². The van der Waals surface area contributed by atoms with Gasteiger partial charge in [-0.25, -0.2) is 14.8 Å². The van der Waals surface area contributed by atoms with Crippen molar-refractivity contribution in [1.29, 1.82) is 0 Å². The van der Waals surface area contributed by atoms with Gasteiger partial charge < -0.3 is 19.4 Å². The Morgan fingerprint density at radius 1 is 1.18 bits per heavy atom. The molecule has 0 aliphatic rings. The summed E-state index contributed by atoms with van der Waals surface area (Å²) < 4.78 is 11.0. The number of carbonyl (C=O) groups is 2. The Kier molecular flexibility index (Phi) is 10.8. The Balaban J connectivity index is 5.11. The van der Waals surface area contributed by atoms with E-state index in [2.05, 4.69) is 13.8 Å². The van der Waals surface area contributed by atoms with E-state index in [9.17, 15) is 14.7 Å².